The molecule has 3 rings (SSSR count). The van der Waals surface area contributed by atoms with Crippen molar-refractivity contribution in [2.24, 2.45) is 11.8 Å². The lowest BCUT2D eigenvalue weighted by atomic mass is 9.94. The Morgan fingerprint density at radius 1 is 1.42 bits per heavy atom. The zero-order valence-electron chi connectivity index (χ0n) is 11.2. The molecule has 2 aliphatic rings. The van der Waals surface area contributed by atoms with Crippen LogP contribution in [0.1, 0.15) is 24.8 Å². The Bertz CT molecular complexity index is 451. The van der Waals surface area contributed by atoms with Crippen molar-refractivity contribution in [2.75, 3.05) is 13.7 Å². The van der Waals surface area contributed by atoms with Crippen LogP contribution in [0.15, 0.2) is 18.7 Å². The van der Waals surface area contributed by atoms with Gasteiger partial charge in [-0.25, -0.2) is 9.97 Å². The van der Waals surface area contributed by atoms with Gasteiger partial charge in [-0.3, -0.25) is 9.69 Å². The molecule has 1 aliphatic carbocycles. The van der Waals surface area contributed by atoms with E-state index in [1.54, 1.807) is 0 Å². The van der Waals surface area contributed by atoms with Crippen molar-refractivity contribution in [3.63, 3.8) is 0 Å². The molecule has 1 aliphatic heterocycles. The monoisotopic (exact) mass is 261 g/mol. The smallest absolute Gasteiger partial charge is 0.323 e. The Hall–Kier alpha value is -1.49. The van der Waals surface area contributed by atoms with Gasteiger partial charge in [-0.15, -0.1) is 0 Å². The van der Waals surface area contributed by atoms with E-state index >= 15 is 0 Å². The Morgan fingerprint density at radius 2 is 2.21 bits per heavy atom. The number of fused-ring (bicyclic) bond motifs is 1. The van der Waals surface area contributed by atoms with Crippen LogP contribution in [0.2, 0.25) is 0 Å². The summed E-state index contributed by atoms with van der Waals surface area (Å²) >= 11 is 0. The maximum absolute atomic E-state index is 12.1. The summed E-state index contributed by atoms with van der Waals surface area (Å²) in [5.74, 6) is 1.03. The van der Waals surface area contributed by atoms with E-state index < -0.39 is 0 Å². The summed E-state index contributed by atoms with van der Waals surface area (Å²) in [4.78, 5) is 22.4. The number of methoxy groups -OCH3 is 1. The van der Waals surface area contributed by atoms with Crippen molar-refractivity contribution in [3.8, 4) is 0 Å². The standard InChI is InChI=1S/C14H19N3O2/c1-19-14(18)13-12-4-2-3-11(12)8-17(13)7-10-5-15-9-16-6-10/h5-6,9,11-13H,2-4,7-8H2,1H3/t11-,12-,13+/m1/s1. The van der Waals surface area contributed by atoms with Crippen molar-refractivity contribution < 1.29 is 9.53 Å². The van der Waals surface area contributed by atoms with Gasteiger partial charge in [0.05, 0.1) is 7.11 Å². The SMILES string of the molecule is COC(=O)[C@@H]1[C@@H]2CCC[C@@H]2CN1Cc1cncnc1. The highest BCUT2D eigenvalue weighted by molar-refractivity contribution is 5.76. The van der Waals surface area contributed by atoms with E-state index in [1.165, 1.54) is 26.3 Å². The van der Waals surface area contributed by atoms with Crippen LogP contribution in [0.5, 0.6) is 0 Å². The number of ether oxygens (including phenoxy) is 1. The minimum Gasteiger partial charge on any atom is -0.468 e. The number of hydrogen-bond donors (Lipinski definition) is 0. The maximum atomic E-state index is 12.1. The molecule has 0 N–H and O–H groups in total. The highest BCUT2D eigenvalue weighted by atomic mass is 16.5. The van der Waals surface area contributed by atoms with Gasteiger partial charge in [0, 0.05) is 31.0 Å². The van der Waals surface area contributed by atoms with E-state index in [2.05, 4.69) is 14.9 Å². The summed E-state index contributed by atoms with van der Waals surface area (Å²) in [6, 6.07) is -0.0855. The molecule has 1 saturated heterocycles. The van der Waals surface area contributed by atoms with E-state index in [0.717, 1.165) is 25.1 Å². The van der Waals surface area contributed by atoms with Crippen molar-refractivity contribution in [1.29, 1.82) is 0 Å². The van der Waals surface area contributed by atoms with Gasteiger partial charge < -0.3 is 4.74 Å². The number of aromatic nitrogens is 2. The quantitative estimate of drug-likeness (QED) is 0.766. The summed E-state index contributed by atoms with van der Waals surface area (Å²) in [6.45, 7) is 1.72. The van der Waals surface area contributed by atoms with E-state index in [-0.39, 0.29) is 12.0 Å². The van der Waals surface area contributed by atoms with Gasteiger partial charge in [0.1, 0.15) is 12.4 Å². The van der Waals surface area contributed by atoms with Crippen LogP contribution in [-0.2, 0) is 16.1 Å². The fraction of sp³-hybridized carbons (Fsp3) is 0.643. The fourth-order valence-electron chi connectivity index (χ4n) is 3.65. The summed E-state index contributed by atoms with van der Waals surface area (Å²) in [5, 5.41) is 0. The van der Waals surface area contributed by atoms with E-state index in [1.807, 2.05) is 12.4 Å². The number of rotatable bonds is 3. The largest absolute Gasteiger partial charge is 0.468 e. The molecule has 102 valence electrons. The number of carbonyl (C=O) groups excluding carboxylic acids is 1. The van der Waals surface area contributed by atoms with E-state index in [9.17, 15) is 4.79 Å². The number of carbonyl (C=O) groups is 1. The predicted molar refractivity (Wildman–Crippen MR) is 69.1 cm³/mol. The molecule has 2 fully saturated rings. The molecule has 0 unspecified atom stereocenters. The van der Waals surface area contributed by atoms with Gasteiger partial charge in [0.2, 0.25) is 0 Å². The lowest BCUT2D eigenvalue weighted by Gasteiger charge is -2.25. The van der Waals surface area contributed by atoms with E-state index in [4.69, 9.17) is 4.74 Å². The second-order valence-electron chi connectivity index (χ2n) is 5.50. The van der Waals surface area contributed by atoms with Gasteiger partial charge in [-0.2, -0.15) is 0 Å². The predicted octanol–water partition coefficient (Wildman–Crippen LogP) is 1.25. The molecule has 3 atom stereocenters. The lowest BCUT2D eigenvalue weighted by molar-refractivity contribution is -0.147. The minimum atomic E-state index is -0.0914. The molecule has 0 spiro atoms. The van der Waals surface area contributed by atoms with Crippen LogP contribution in [-0.4, -0.2) is 40.5 Å². The Kier molecular flexibility index (Phi) is 3.46. The van der Waals surface area contributed by atoms with E-state index in [0.29, 0.717) is 11.8 Å². The van der Waals surface area contributed by atoms with Crippen molar-refractivity contribution in [3.05, 3.63) is 24.3 Å². The minimum absolute atomic E-state index is 0.0855. The molecule has 0 amide bonds. The summed E-state index contributed by atoms with van der Waals surface area (Å²) < 4.78 is 5.00. The zero-order chi connectivity index (χ0) is 13.2. The Morgan fingerprint density at radius 3 is 2.95 bits per heavy atom. The summed E-state index contributed by atoms with van der Waals surface area (Å²) in [5.41, 5.74) is 1.05. The molecule has 0 radical (unpaired) electrons. The molecule has 5 nitrogen and oxygen atoms in total. The van der Waals surface area contributed by atoms with Crippen LogP contribution in [0, 0.1) is 11.8 Å². The van der Waals surface area contributed by atoms with Gasteiger partial charge in [-0.1, -0.05) is 6.42 Å². The average molecular weight is 261 g/mol. The maximum Gasteiger partial charge on any atom is 0.323 e. The molecule has 1 aromatic rings. The zero-order valence-corrected chi connectivity index (χ0v) is 11.2. The molecule has 1 saturated carbocycles. The first-order valence-corrected chi connectivity index (χ1v) is 6.85. The highest BCUT2D eigenvalue weighted by Gasteiger charge is 2.47. The molecular formula is C14H19N3O2. The summed E-state index contributed by atoms with van der Waals surface area (Å²) in [7, 11) is 1.48. The van der Waals surface area contributed by atoms with Gasteiger partial charge >= 0.3 is 5.97 Å². The van der Waals surface area contributed by atoms with Crippen LogP contribution >= 0.6 is 0 Å². The molecular weight excluding hydrogens is 242 g/mol. The van der Waals surface area contributed by atoms with Crippen molar-refractivity contribution in [2.45, 2.75) is 31.8 Å². The second-order valence-corrected chi connectivity index (χ2v) is 5.50. The Labute approximate surface area is 113 Å². The number of likely N-dealkylation sites (tertiary alicyclic amines) is 1. The van der Waals surface area contributed by atoms with Crippen LogP contribution in [0.3, 0.4) is 0 Å². The molecule has 5 heteroatoms. The first kappa shape index (κ1) is 12.5. The number of hydrogen-bond acceptors (Lipinski definition) is 5. The molecule has 1 aromatic heterocycles. The van der Waals surface area contributed by atoms with Crippen molar-refractivity contribution in [1.82, 2.24) is 14.9 Å². The fourth-order valence-corrected chi connectivity index (χ4v) is 3.65. The third-order valence-corrected chi connectivity index (χ3v) is 4.43. The van der Waals surface area contributed by atoms with Gasteiger partial charge in [0.25, 0.3) is 0 Å². The third kappa shape index (κ3) is 2.34. The topological polar surface area (TPSA) is 55.3 Å². The summed E-state index contributed by atoms with van der Waals surface area (Å²) in [6.07, 6.45) is 8.78. The van der Waals surface area contributed by atoms with Gasteiger partial charge in [0.15, 0.2) is 0 Å². The van der Waals surface area contributed by atoms with Crippen molar-refractivity contribution >= 4 is 5.97 Å². The third-order valence-electron chi connectivity index (χ3n) is 4.43. The first-order chi connectivity index (χ1) is 9.29. The lowest BCUT2D eigenvalue weighted by Crippen LogP contribution is -2.40. The molecule has 0 aromatic carbocycles. The molecule has 19 heavy (non-hydrogen) atoms. The van der Waals surface area contributed by atoms with Gasteiger partial charge in [-0.05, 0) is 24.7 Å². The highest BCUT2D eigenvalue weighted by Crippen LogP contribution is 2.42. The number of nitrogens with zero attached hydrogens (tertiary/aromatic N) is 3. The second kappa shape index (κ2) is 5.25. The first-order valence-electron chi connectivity index (χ1n) is 6.85. The normalized spacial score (nSPS) is 30.3. The van der Waals surface area contributed by atoms with Crippen LogP contribution in [0.25, 0.3) is 0 Å². The van der Waals surface area contributed by atoms with Crippen LogP contribution < -0.4 is 0 Å². The molecule has 0 bridgehead atoms. The number of esters is 1. The Balaban J connectivity index is 1.78. The average Bonchev–Trinajstić information content (AvgIpc) is 2.99. The van der Waals surface area contributed by atoms with Crippen LogP contribution in [0.4, 0.5) is 0 Å². The molecule has 2 heterocycles.